The number of benzene rings is 1. The summed E-state index contributed by atoms with van der Waals surface area (Å²) in [5.41, 5.74) is 2.83. The topological polar surface area (TPSA) is 76.8 Å². The number of likely N-dealkylation sites (tertiary alicyclic amines) is 1. The summed E-state index contributed by atoms with van der Waals surface area (Å²) >= 11 is 0. The molecule has 0 spiro atoms. The number of piperidine rings is 1. The number of carbonyl (C=O) groups is 2. The average Bonchev–Trinajstić information content (AvgIpc) is 3.18. The maximum atomic E-state index is 13.1. The van der Waals surface area contributed by atoms with Gasteiger partial charge in [-0.1, -0.05) is 30.3 Å². The Morgan fingerprint density at radius 2 is 2.04 bits per heavy atom. The number of amides is 1. The van der Waals surface area contributed by atoms with Gasteiger partial charge in [0.25, 0.3) is 5.91 Å². The van der Waals surface area contributed by atoms with E-state index in [4.69, 9.17) is 4.74 Å². The Morgan fingerprint density at radius 3 is 2.82 bits per heavy atom. The average molecular weight is 378 g/mol. The zero-order chi connectivity index (χ0) is 19.5. The minimum Gasteiger partial charge on any atom is -0.466 e. The standard InChI is InChI=1S/C21H22N4O3/c1-2-28-21(27)16-9-6-12-24(14-16)20(26)17-13-23-25-18(10-11-22-19(17)25)15-7-4-3-5-8-15/h3-5,7-8,10-11,13,16H,2,6,9,12,14H2,1H3. The van der Waals surface area contributed by atoms with Crippen LogP contribution in [0, 0.1) is 5.92 Å². The molecule has 3 aromatic rings. The van der Waals surface area contributed by atoms with Gasteiger partial charge in [-0.15, -0.1) is 0 Å². The van der Waals surface area contributed by atoms with Gasteiger partial charge in [0.05, 0.1) is 24.4 Å². The molecule has 1 aromatic carbocycles. The molecule has 3 heterocycles. The Bertz CT molecular complexity index is 999. The minimum atomic E-state index is -0.271. The second kappa shape index (κ2) is 7.80. The summed E-state index contributed by atoms with van der Waals surface area (Å²) in [7, 11) is 0. The van der Waals surface area contributed by atoms with Gasteiger partial charge >= 0.3 is 5.97 Å². The number of ether oxygens (including phenoxy) is 1. The molecule has 1 atom stereocenters. The van der Waals surface area contributed by atoms with E-state index < -0.39 is 0 Å². The van der Waals surface area contributed by atoms with Crippen molar-refractivity contribution >= 4 is 17.5 Å². The predicted molar refractivity (Wildman–Crippen MR) is 104 cm³/mol. The first-order valence-electron chi connectivity index (χ1n) is 9.53. The van der Waals surface area contributed by atoms with Crippen molar-refractivity contribution in [2.45, 2.75) is 19.8 Å². The molecular formula is C21H22N4O3. The van der Waals surface area contributed by atoms with Crippen LogP contribution in [0.1, 0.15) is 30.1 Å². The summed E-state index contributed by atoms with van der Waals surface area (Å²) in [6, 6.07) is 11.7. The van der Waals surface area contributed by atoms with E-state index in [0.717, 1.165) is 24.1 Å². The zero-order valence-electron chi connectivity index (χ0n) is 15.7. The molecule has 1 amide bonds. The number of hydrogen-bond acceptors (Lipinski definition) is 5. The molecule has 1 fully saturated rings. The maximum Gasteiger partial charge on any atom is 0.310 e. The fourth-order valence-electron chi connectivity index (χ4n) is 3.65. The highest BCUT2D eigenvalue weighted by Gasteiger charge is 2.31. The molecule has 1 aliphatic heterocycles. The van der Waals surface area contributed by atoms with Crippen LogP contribution in [0.15, 0.2) is 48.8 Å². The van der Waals surface area contributed by atoms with Crippen molar-refractivity contribution in [3.8, 4) is 11.3 Å². The molecule has 144 valence electrons. The van der Waals surface area contributed by atoms with E-state index in [1.54, 1.807) is 28.7 Å². The van der Waals surface area contributed by atoms with Crippen molar-refractivity contribution in [2.75, 3.05) is 19.7 Å². The van der Waals surface area contributed by atoms with Gasteiger partial charge in [-0.05, 0) is 25.8 Å². The smallest absolute Gasteiger partial charge is 0.310 e. The van der Waals surface area contributed by atoms with Gasteiger partial charge in [0.2, 0.25) is 0 Å². The first-order valence-corrected chi connectivity index (χ1v) is 9.53. The highest BCUT2D eigenvalue weighted by molar-refractivity contribution is 6.00. The molecule has 0 aliphatic carbocycles. The van der Waals surface area contributed by atoms with E-state index in [0.29, 0.717) is 30.9 Å². The van der Waals surface area contributed by atoms with E-state index >= 15 is 0 Å². The fourth-order valence-corrected chi connectivity index (χ4v) is 3.65. The summed E-state index contributed by atoms with van der Waals surface area (Å²) in [6.45, 7) is 3.12. The molecule has 4 rings (SSSR count). The molecule has 0 radical (unpaired) electrons. The number of nitrogens with zero attached hydrogens (tertiary/aromatic N) is 4. The van der Waals surface area contributed by atoms with Crippen LogP contribution in [0.2, 0.25) is 0 Å². The van der Waals surface area contributed by atoms with Crippen LogP contribution in [0.25, 0.3) is 16.9 Å². The monoisotopic (exact) mass is 378 g/mol. The van der Waals surface area contributed by atoms with Crippen molar-refractivity contribution in [1.82, 2.24) is 19.5 Å². The first-order chi connectivity index (χ1) is 13.7. The summed E-state index contributed by atoms with van der Waals surface area (Å²) in [4.78, 5) is 31.3. The molecule has 2 aromatic heterocycles. The molecule has 28 heavy (non-hydrogen) atoms. The molecule has 7 heteroatoms. The third-order valence-electron chi connectivity index (χ3n) is 5.03. The largest absolute Gasteiger partial charge is 0.466 e. The van der Waals surface area contributed by atoms with Gasteiger partial charge in [-0.25, -0.2) is 9.50 Å². The Balaban J connectivity index is 1.63. The molecule has 7 nitrogen and oxygen atoms in total. The number of esters is 1. The lowest BCUT2D eigenvalue weighted by Gasteiger charge is -2.31. The summed E-state index contributed by atoms with van der Waals surface area (Å²) in [5.74, 6) is -0.654. The Kier molecular flexibility index (Phi) is 5.06. The quantitative estimate of drug-likeness (QED) is 0.653. The minimum absolute atomic E-state index is 0.151. The molecule has 0 saturated carbocycles. The van der Waals surface area contributed by atoms with Gasteiger partial charge in [-0.3, -0.25) is 9.59 Å². The van der Waals surface area contributed by atoms with E-state index in [-0.39, 0.29) is 17.8 Å². The zero-order valence-corrected chi connectivity index (χ0v) is 15.7. The number of carbonyl (C=O) groups excluding carboxylic acids is 2. The van der Waals surface area contributed by atoms with Gasteiger partial charge in [0.15, 0.2) is 5.65 Å². The number of aromatic nitrogens is 3. The predicted octanol–water partition coefficient (Wildman–Crippen LogP) is 2.81. The summed E-state index contributed by atoms with van der Waals surface area (Å²) < 4.78 is 6.82. The van der Waals surface area contributed by atoms with Crippen molar-refractivity contribution < 1.29 is 14.3 Å². The molecule has 1 aliphatic rings. The highest BCUT2D eigenvalue weighted by atomic mass is 16.5. The molecule has 0 N–H and O–H groups in total. The third-order valence-corrected chi connectivity index (χ3v) is 5.03. The van der Waals surface area contributed by atoms with Crippen LogP contribution in [0.3, 0.4) is 0 Å². The summed E-state index contributed by atoms with van der Waals surface area (Å²) in [5, 5.41) is 4.41. The van der Waals surface area contributed by atoms with E-state index in [1.807, 2.05) is 36.4 Å². The van der Waals surface area contributed by atoms with Gasteiger partial charge in [-0.2, -0.15) is 5.10 Å². The van der Waals surface area contributed by atoms with Crippen LogP contribution >= 0.6 is 0 Å². The van der Waals surface area contributed by atoms with E-state index in [9.17, 15) is 9.59 Å². The SMILES string of the molecule is CCOC(=O)C1CCCN(C(=O)c2cnn3c(-c4ccccc4)ccnc23)C1. The first kappa shape index (κ1) is 18.2. The van der Waals surface area contributed by atoms with E-state index in [2.05, 4.69) is 10.1 Å². The van der Waals surface area contributed by atoms with Crippen molar-refractivity contribution in [3.63, 3.8) is 0 Å². The molecule has 1 unspecified atom stereocenters. The lowest BCUT2D eigenvalue weighted by atomic mass is 9.97. The lowest BCUT2D eigenvalue weighted by molar-refractivity contribution is -0.149. The van der Waals surface area contributed by atoms with Crippen molar-refractivity contribution in [3.05, 3.63) is 54.4 Å². The summed E-state index contributed by atoms with van der Waals surface area (Å²) in [6.07, 6.45) is 4.77. The number of hydrogen-bond donors (Lipinski definition) is 0. The van der Waals surface area contributed by atoms with Gasteiger partial charge < -0.3 is 9.64 Å². The Hall–Kier alpha value is -3.22. The molecular weight excluding hydrogens is 356 g/mol. The van der Waals surface area contributed by atoms with Crippen LogP contribution in [0.5, 0.6) is 0 Å². The number of rotatable bonds is 4. The fraction of sp³-hybridized carbons (Fsp3) is 0.333. The molecule has 0 bridgehead atoms. The molecule has 1 saturated heterocycles. The van der Waals surface area contributed by atoms with Gasteiger partial charge in [0, 0.05) is 24.8 Å². The Morgan fingerprint density at radius 1 is 1.21 bits per heavy atom. The maximum absolute atomic E-state index is 13.1. The van der Waals surface area contributed by atoms with Crippen molar-refractivity contribution in [2.24, 2.45) is 5.92 Å². The second-order valence-electron chi connectivity index (χ2n) is 6.83. The third kappa shape index (κ3) is 3.35. The van der Waals surface area contributed by atoms with Crippen LogP contribution in [-0.2, 0) is 9.53 Å². The van der Waals surface area contributed by atoms with Crippen LogP contribution < -0.4 is 0 Å². The van der Waals surface area contributed by atoms with Crippen LogP contribution in [-0.4, -0.2) is 51.1 Å². The van der Waals surface area contributed by atoms with E-state index in [1.165, 1.54) is 0 Å². The highest BCUT2D eigenvalue weighted by Crippen LogP contribution is 2.24. The normalized spacial score (nSPS) is 16.9. The second-order valence-corrected chi connectivity index (χ2v) is 6.83. The Labute approximate surface area is 162 Å². The van der Waals surface area contributed by atoms with Crippen molar-refractivity contribution in [1.29, 1.82) is 0 Å². The lowest BCUT2D eigenvalue weighted by Crippen LogP contribution is -2.42. The van der Waals surface area contributed by atoms with Gasteiger partial charge in [0.1, 0.15) is 5.56 Å². The van der Waals surface area contributed by atoms with Crippen LogP contribution in [0.4, 0.5) is 0 Å². The number of fused-ring (bicyclic) bond motifs is 1.